The van der Waals surface area contributed by atoms with E-state index in [2.05, 4.69) is 38.3 Å². The summed E-state index contributed by atoms with van der Waals surface area (Å²) in [6, 6.07) is 10.3. The zero-order valence-electron chi connectivity index (χ0n) is 8.20. The van der Waals surface area contributed by atoms with Gasteiger partial charge in [0.1, 0.15) is 0 Å². The van der Waals surface area contributed by atoms with E-state index >= 15 is 0 Å². The van der Waals surface area contributed by atoms with Crippen LogP contribution in [0.25, 0.3) is 11.3 Å². The van der Waals surface area contributed by atoms with Crippen LogP contribution in [-0.2, 0) is 0 Å². The second-order valence-corrected chi connectivity index (χ2v) is 4.82. The number of rotatable bonds is 2. The van der Waals surface area contributed by atoms with E-state index in [0.717, 1.165) is 21.6 Å². The standard InChI is InChI=1S/C12H11BrN2/c13-10-4-2-1-3-9(10)12-7-11(14-15-12)8-5-6-8/h1-4,7-8H,5-6H2,(H,14,15). The summed E-state index contributed by atoms with van der Waals surface area (Å²) in [5.74, 6) is 0.730. The molecule has 0 unspecified atom stereocenters. The highest BCUT2D eigenvalue weighted by molar-refractivity contribution is 9.10. The van der Waals surface area contributed by atoms with Crippen LogP contribution >= 0.6 is 15.9 Å². The van der Waals surface area contributed by atoms with Crippen molar-refractivity contribution in [3.8, 4) is 11.3 Å². The number of nitrogens with zero attached hydrogens (tertiary/aromatic N) is 1. The average molecular weight is 263 g/mol. The minimum absolute atomic E-state index is 0.730. The fourth-order valence-electron chi connectivity index (χ4n) is 1.75. The van der Waals surface area contributed by atoms with Crippen LogP contribution in [0.1, 0.15) is 24.5 Å². The summed E-state index contributed by atoms with van der Waals surface area (Å²) in [6.07, 6.45) is 2.61. The average Bonchev–Trinajstić information content (AvgIpc) is 2.99. The molecule has 0 saturated heterocycles. The number of aromatic amines is 1. The lowest BCUT2D eigenvalue weighted by atomic mass is 10.1. The molecule has 2 nitrogen and oxygen atoms in total. The maximum absolute atomic E-state index is 4.35. The highest BCUT2D eigenvalue weighted by Gasteiger charge is 2.25. The minimum atomic E-state index is 0.730. The van der Waals surface area contributed by atoms with Gasteiger partial charge in [0.15, 0.2) is 0 Å². The van der Waals surface area contributed by atoms with Gasteiger partial charge < -0.3 is 0 Å². The van der Waals surface area contributed by atoms with E-state index in [9.17, 15) is 0 Å². The highest BCUT2D eigenvalue weighted by atomic mass is 79.9. The molecule has 0 aliphatic heterocycles. The number of hydrogen-bond acceptors (Lipinski definition) is 1. The molecule has 1 aromatic heterocycles. The number of nitrogens with one attached hydrogen (secondary N) is 1. The third-order valence-electron chi connectivity index (χ3n) is 2.76. The Balaban J connectivity index is 2.01. The molecule has 0 radical (unpaired) electrons. The largest absolute Gasteiger partial charge is 0.282 e. The van der Waals surface area contributed by atoms with Gasteiger partial charge in [-0.05, 0) is 25.0 Å². The van der Waals surface area contributed by atoms with Crippen LogP contribution in [0.3, 0.4) is 0 Å². The van der Waals surface area contributed by atoms with Crippen LogP contribution in [0.2, 0.25) is 0 Å². The van der Waals surface area contributed by atoms with Gasteiger partial charge in [-0.1, -0.05) is 34.1 Å². The Morgan fingerprint density at radius 3 is 2.80 bits per heavy atom. The Bertz CT molecular complexity index is 486. The number of aromatic nitrogens is 2. The Kier molecular flexibility index (Phi) is 2.13. The van der Waals surface area contributed by atoms with Gasteiger partial charge in [0.05, 0.1) is 5.69 Å². The van der Waals surface area contributed by atoms with E-state index in [1.54, 1.807) is 0 Å². The molecule has 1 aliphatic carbocycles. The summed E-state index contributed by atoms with van der Waals surface area (Å²) >= 11 is 3.54. The van der Waals surface area contributed by atoms with Gasteiger partial charge in [0.2, 0.25) is 0 Å². The fraction of sp³-hybridized carbons (Fsp3) is 0.250. The number of halogens is 1. The Labute approximate surface area is 96.8 Å². The molecular weight excluding hydrogens is 252 g/mol. The van der Waals surface area contributed by atoms with Gasteiger partial charge in [0.25, 0.3) is 0 Å². The van der Waals surface area contributed by atoms with E-state index in [4.69, 9.17) is 0 Å². The molecule has 1 aromatic carbocycles. The number of H-pyrrole nitrogens is 1. The molecule has 0 amide bonds. The van der Waals surface area contributed by atoms with Crippen molar-refractivity contribution in [3.63, 3.8) is 0 Å². The fourth-order valence-corrected chi connectivity index (χ4v) is 2.23. The van der Waals surface area contributed by atoms with Gasteiger partial charge >= 0.3 is 0 Å². The second kappa shape index (κ2) is 3.49. The zero-order valence-corrected chi connectivity index (χ0v) is 9.79. The number of benzene rings is 1. The molecule has 15 heavy (non-hydrogen) atoms. The van der Waals surface area contributed by atoms with Gasteiger partial charge in [0, 0.05) is 21.6 Å². The van der Waals surface area contributed by atoms with Gasteiger partial charge in [-0.15, -0.1) is 0 Å². The molecule has 0 atom stereocenters. The van der Waals surface area contributed by atoms with Crippen molar-refractivity contribution in [1.29, 1.82) is 0 Å². The monoisotopic (exact) mass is 262 g/mol. The molecule has 1 heterocycles. The Morgan fingerprint density at radius 1 is 1.27 bits per heavy atom. The van der Waals surface area contributed by atoms with Crippen molar-refractivity contribution in [1.82, 2.24) is 10.2 Å². The molecule has 3 heteroatoms. The third-order valence-corrected chi connectivity index (χ3v) is 3.46. The van der Waals surface area contributed by atoms with Crippen molar-refractivity contribution in [3.05, 3.63) is 40.5 Å². The summed E-state index contributed by atoms with van der Waals surface area (Å²) in [4.78, 5) is 0. The van der Waals surface area contributed by atoms with Crippen LogP contribution in [-0.4, -0.2) is 10.2 Å². The van der Waals surface area contributed by atoms with Gasteiger partial charge in [-0.3, -0.25) is 5.10 Å². The molecular formula is C12H11BrN2. The predicted molar refractivity (Wildman–Crippen MR) is 63.7 cm³/mol. The van der Waals surface area contributed by atoms with E-state index < -0.39 is 0 Å². The second-order valence-electron chi connectivity index (χ2n) is 3.96. The first-order valence-corrected chi connectivity index (χ1v) is 5.94. The van der Waals surface area contributed by atoms with Gasteiger partial charge in [-0.2, -0.15) is 5.10 Å². The Hall–Kier alpha value is -1.09. The van der Waals surface area contributed by atoms with E-state index in [-0.39, 0.29) is 0 Å². The van der Waals surface area contributed by atoms with Crippen molar-refractivity contribution in [2.24, 2.45) is 0 Å². The first kappa shape index (κ1) is 9.16. The van der Waals surface area contributed by atoms with Crippen LogP contribution in [0.15, 0.2) is 34.8 Å². The van der Waals surface area contributed by atoms with E-state index in [1.165, 1.54) is 18.5 Å². The highest BCUT2D eigenvalue weighted by Crippen LogP contribution is 2.40. The SMILES string of the molecule is Brc1ccccc1-c1cc(C2CC2)[nH]n1. The molecule has 1 saturated carbocycles. The lowest BCUT2D eigenvalue weighted by Gasteiger charge is -1.98. The van der Waals surface area contributed by atoms with Crippen LogP contribution < -0.4 is 0 Å². The van der Waals surface area contributed by atoms with Crippen LogP contribution in [0, 0.1) is 0 Å². The predicted octanol–water partition coefficient (Wildman–Crippen LogP) is 3.72. The van der Waals surface area contributed by atoms with E-state index in [0.29, 0.717) is 0 Å². The molecule has 3 rings (SSSR count). The number of hydrogen-bond donors (Lipinski definition) is 1. The third kappa shape index (κ3) is 1.72. The summed E-state index contributed by atoms with van der Waals surface area (Å²) in [5, 5.41) is 7.48. The van der Waals surface area contributed by atoms with Crippen molar-refractivity contribution in [2.75, 3.05) is 0 Å². The zero-order chi connectivity index (χ0) is 10.3. The van der Waals surface area contributed by atoms with Crippen molar-refractivity contribution < 1.29 is 0 Å². The Morgan fingerprint density at radius 2 is 2.07 bits per heavy atom. The first-order chi connectivity index (χ1) is 7.34. The van der Waals surface area contributed by atoms with Crippen molar-refractivity contribution >= 4 is 15.9 Å². The molecule has 1 N–H and O–H groups in total. The molecule has 76 valence electrons. The molecule has 1 fully saturated rings. The molecule has 0 bridgehead atoms. The molecule has 1 aliphatic rings. The van der Waals surface area contributed by atoms with Gasteiger partial charge in [-0.25, -0.2) is 0 Å². The normalized spacial score (nSPS) is 15.5. The minimum Gasteiger partial charge on any atom is -0.282 e. The molecule has 0 spiro atoms. The lowest BCUT2D eigenvalue weighted by molar-refractivity contribution is 0.967. The molecule has 2 aromatic rings. The quantitative estimate of drug-likeness (QED) is 0.878. The lowest BCUT2D eigenvalue weighted by Crippen LogP contribution is -1.78. The smallest absolute Gasteiger partial charge is 0.0934 e. The van der Waals surface area contributed by atoms with E-state index in [1.807, 2.05) is 18.2 Å². The maximum atomic E-state index is 4.35. The van der Waals surface area contributed by atoms with Crippen LogP contribution in [0.5, 0.6) is 0 Å². The van der Waals surface area contributed by atoms with Crippen molar-refractivity contribution in [2.45, 2.75) is 18.8 Å². The maximum Gasteiger partial charge on any atom is 0.0934 e. The van der Waals surface area contributed by atoms with Crippen LogP contribution in [0.4, 0.5) is 0 Å². The summed E-state index contributed by atoms with van der Waals surface area (Å²) < 4.78 is 1.10. The summed E-state index contributed by atoms with van der Waals surface area (Å²) in [6.45, 7) is 0. The summed E-state index contributed by atoms with van der Waals surface area (Å²) in [5.41, 5.74) is 3.46. The first-order valence-electron chi connectivity index (χ1n) is 5.15. The topological polar surface area (TPSA) is 28.7 Å². The summed E-state index contributed by atoms with van der Waals surface area (Å²) in [7, 11) is 0.